The van der Waals surface area contributed by atoms with Crippen LogP contribution in [0, 0.1) is 0 Å². The largest absolute Gasteiger partial charge is 0.459 e. The maximum atomic E-state index is 14.4. The van der Waals surface area contributed by atoms with Gasteiger partial charge in [0.2, 0.25) is 18.5 Å². The fraction of sp³-hybridized carbons (Fsp3) is 0.474. The summed E-state index contributed by atoms with van der Waals surface area (Å²) in [6, 6.07) is 7.06. The number of para-hydroxylation sites is 1. The molecule has 2 amide bonds. The summed E-state index contributed by atoms with van der Waals surface area (Å²) < 4.78 is 58.1. The van der Waals surface area contributed by atoms with Gasteiger partial charge >= 0.3 is 13.7 Å². The number of alkyl halides is 2. The molecule has 1 aromatic carbocycles. The molecule has 1 aromatic rings. The average Bonchev–Trinajstić information content (AvgIpc) is 3.19. The molecule has 0 aliphatic carbocycles. The molecule has 3 rings (SSSR count). The molecule has 176 valence electrons. The number of rotatable bonds is 10. The maximum Gasteiger partial charge on any atom is 0.459 e. The van der Waals surface area contributed by atoms with Gasteiger partial charge < -0.3 is 19.3 Å². The summed E-state index contributed by atoms with van der Waals surface area (Å²) in [6.45, 7) is 2.90. The van der Waals surface area contributed by atoms with Gasteiger partial charge in [-0.25, -0.2) is 4.57 Å². The van der Waals surface area contributed by atoms with E-state index in [1.807, 2.05) is 0 Å². The lowest BCUT2D eigenvalue weighted by Crippen LogP contribution is -2.47. The van der Waals surface area contributed by atoms with Crippen molar-refractivity contribution in [2.24, 2.45) is 0 Å². The molecule has 0 spiro atoms. The summed E-state index contributed by atoms with van der Waals surface area (Å²) in [5.41, 5.74) is 0. The van der Waals surface area contributed by atoms with Crippen molar-refractivity contribution in [2.75, 3.05) is 20.2 Å². The van der Waals surface area contributed by atoms with Crippen LogP contribution in [0.5, 0.6) is 5.75 Å². The van der Waals surface area contributed by atoms with Crippen molar-refractivity contribution < 1.29 is 41.8 Å². The molecule has 13 heteroatoms. The van der Waals surface area contributed by atoms with Crippen molar-refractivity contribution in [1.82, 2.24) is 14.9 Å². The molecule has 2 fully saturated rings. The summed E-state index contributed by atoms with van der Waals surface area (Å²) in [4.78, 5) is 25.1. The normalized spacial score (nSPS) is 28.9. The Morgan fingerprint density at radius 3 is 2.69 bits per heavy atom. The molecule has 5 unspecified atom stereocenters. The lowest BCUT2D eigenvalue weighted by molar-refractivity contribution is -0.163. The number of likely N-dealkylation sites (N-methyl/N-ethyl adjacent to an activating group) is 1. The summed E-state index contributed by atoms with van der Waals surface area (Å²) in [7, 11) is -2.69. The zero-order valence-corrected chi connectivity index (χ0v) is 18.1. The second-order valence-corrected chi connectivity index (χ2v) is 9.00. The van der Waals surface area contributed by atoms with Crippen LogP contribution in [0.4, 0.5) is 8.78 Å². The number of hydrogen-bond acceptors (Lipinski definition) is 7. The number of likely N-dealkylation sites (tertiary alicyclic amines) is 1. The van der Waals surface area contributed by atoms with Gasteiger partial charge in [0.1, 0.15) is 11.9 Å². The Balaban J connectivity index is 1.76. The molecule has 0 bridgehead atoms. The number of carbonyl (C=O) groups excluding carboxylic acids is 2. The van der Waals surface area contributed by atoms with Gasteiger partial charge in [0.15, 0.2) is 6.10 Å². The van der Waals surface area contributed by atoms with E-state index in [4.69, 9.17) is 13.8 Å². The topological polar surface area (TPSA) is 118 Å². The zero-order chi connectivity index (χ0) is 23.5. The van der Waals surface area contributed by atoms with Crippen molar-refractivity contribution >= 4 is 20.1 Å². The Morgan fingerprint density at radius 1 is 1.44 bits per heavy atom. The van der Waals surface area contributed by atoms with Crippen molar-refractivity contribution in [3.8, 4) is 5.75 Å². The number of hydrogen-bond donors (Lipinski definition) is 2. The predicted octanol–water partition coefficient (Wildman–Crippen LogP) is 1.33. The molecule has 32 heavy (non-hydrogen) atoms. The number of aliphatic hydroxyl groups excluding tert-OH is 1. The van der Waals surface area contributed by atoms with Gasteiger partial charge in [0, 0.05) is 19.8 Å². The molecule has 2 aliphatic rings. The van der Waals surface area contributed by atoms with Crippen LogP contribution in [-0.2, 0) is 23.4 Å². The molecule has 2 heterocycles. The van der Waals surface area contributed by atoms with Gasteiger partial charge in [0.25, 0.3) is 0 Å². The molecule has 10 nitrogen and oxygen atoms in total. The molecule has 0 aromatic heterocycles. The van der Waals surface area contributed by atoms with E-state index in [0.717, 1.165) is 6.20 Å². The van der Waals surface area contributed by atoms with E-state index >= 15 is 0 Å². The number of aliphatic hydroxyl groups is 1. The first-order chi connectivity index (χ1) is 15.1. The highest BCUT2D eigenvalue weighted by Gasteiger charge is 2.60. The molecule has 2 N–H and O–H groups in total. The first kappa shape index (κ1) is 24.3. The molecular weight excluding hydrogens is 451 g/mol. The minimum Gasteiger partial charge on any atom is -0.413 e. The molecule has 2 aliphatic heterocycles. The average molecular weight is 475 g/mol. The van der Waals surface area contributed by atoms with E-state index in [2.05, 4.69) is 11.7 Å². The van der Waals surface area contributed by atoms with Crippen LogP contribution in [0.1, 0.15) is 6.42 Å². The van der Waals surface area contributed by atoms with Crippen molar-refractivity contribution in [1.29, 1.82) is 0 Å². The highest BCUT2D eigenvalue weighted by atomic mass is 31.2. The lowest BCUT2D eigenvalue weighted by Gasteiger charge is -2.25. The Bertz CT molecular complexity index is 883. The Labute approximate surface area is 183 Å². The van der Waals surface area contributed by atoms with Crippen molar-refractivity contribution in [3.05, 3.63) is 43.1 Å². The van der Waals surface area contributed by atoms with E-state index < -0.39 is 44.8 Å². The summed E-state index contributed by atoms with van der Waals surface area (Å²) in [5.74, 6) is -4.02. The predicted molar refractivity (Wildman–Crippen MR) is 108 cm³/mol. The zero-order valence-electron chi connectivity index (χ0n) is 17.2. The number of benzene rings is 1. The van der Waals surface area contributed by atoms with Gasteiger partial charge in [-0.15, -0.1) is 0 Å². The van der Waals surface area contributed by atoms with Gasteiger partial charge in [-0.3, -0.25) is 19.0 Å². The fourth-order valence-corrected chi connectivity index (χ4v) is 4.88. The third-order valence-corrected chi connectivity index (χ3v) is 6.67. The highest BCUT2D eigenvalue weighted by molar-refractivity contribution is 7.52. The van der Waals surface area contributed by atoms with E-state index in [9.17, 15) is 28.0 Å². The van der Waals surface area contributed by atoms with Crippen LogP contribution in [0.25, 0.3) is 0 Å². The Kier molecular flexibility index (Phi) is 7.31. The number of amides is 2. The molecule has 2 saturated heterocycles. The minimum absolute atomic E-state index is 0.0781. The fourth-order valence-electron chi connectivity index (χ4n) is 3.33. The second-order valence-electron chi connectivity index (χ2n) is 7.31. The molecular formula is C19H24F2N3O7P. The minimum atomic E-state index is -4.27. The van der Waals surface area contributed by atoms with Crippen LogP contribution in [0.3, 0.4) is 0 Å². The monoisotopic (exact) mass is 475 g/mol. The molecule has 5 atom stereocenters. The highest BCUT2D eigenvalue weighted by Crippen LogP contribution is 2.47. The van der Waals surface area contributed by atoms with Crippen LogP contribution in [0.15, 0.2) is 43.1 Å². The van der Waals surface area contributed by atoms with Gasteiger partial charge in [-0.1, -0.05) is 24.8 Å². The van der Waals surface area contributed by atoms with E-state index in [1.54, 1.807) is 25.2 Å². The lowest BCUT2D eigenvalue weighted by atomic mass is 10.1. The van der Waals surface area contributed by atoms with E-state index in [1.165, 1.54) is 17.0 Å². The number of nitrogens with one attached hydrogen (secondary N) is 1. The molecule has 0 saturated carbocycles. The first-order valence-corrected chi connectivity index (χ1v) is 11.2. The Hall–Kier alpha value is -2.37. The number of halogens is 2. The maximum absolute atomic E-state index is 14.4. The SMILES string of the molecule is C=CN(C=O)C1OC(COP(=O)(NC2CCN(C)C2=O)Oc2ccccc2)C(O)C1(F)F. The Morgan fingerprint density at radius 2 is 2.12 bits per heavy atom. The number of ether oxygens (including phenoxy) is 1. The van der Waals surface area contributed by atoms with Crippen LogP contribution >= 0.6 is 7.75 Å². The molecule has 0 radical (unpaired) electrons. The second kappa shape index (κ2) is 9.63. The van der Waals surface area contributed by atoms with Crippen LogP contribution < -0.4 is 9.61 Å². The summed E-state index contributed by atoms with van der Waals surface area (Å²) in [5, 5.41) is 12.6. The van der Waals surface area contributed by atoms with Crippen molar-refractivity contribution in [3.63, 3.8) is 0 Å². The van der Waals surface area contributed by atoms with Crippen LogP contribution in [0.2, 0.25) is 0 Å². The van der Waals surface area contributed by atoms with E-state index in [-0.39, 0.29) is 18.1 Å². The van der Waals surface area contributed by atoms with Crippen LogP contribution in [-0.4, -0.2) is 77.8 Å². The summed E-state index contributed by atoms with van der Waals surface area (Å²) >= 11 is 0. The van der Waals surface area contributed by atoms with Gasteiger partial charge in [0.05, 0.1) is 12.6 Å². The third kappa shape index (κ3) is 5.00. The van der Waals surface area contributed by atoms with Gasteiger partial charge in [-0.2, -0.15) is 13.9 Å². The van der Waals surface area contributed by atoms with Gasteiger partial charge in [-0.05, 0) is 18.6 Å². The number of carbonyl (C=O) groups is 2. The smallest absolute Gasteiger partial charge is 0.413 e. The third-order valence-electron chi connectivity index (χ3n) is 5.10. The quantitative estimate of drug-likeness (QED) is 0.385. The number of nitrogens with zero attached hydrogens (tertiary/aromatic N) is 2. The van der Waals surface area contributed by atoms with Crippen molar-refractivity contribution in [2.45, 2.75) is 36.8 Å². The summed E-state index contributed by atoms with van der Waals surface area (Å²) in [6.07, 6.45) is -4.89. The van der Waals surface area contributed by atoms with E-state index in [0.29, 0.717) is 17.9 Å². The first-order valence-electron chi connectivity index (χ1n) is 9.70. The standard InChI is InChI=1S/C19H24F2N3O7P/c1-3-24(12-25)18-19(20,21)16(26)15(30-18)11-29-32(28,31-13-7-5-4-6-8-13)22-14-9-10-23(2)17(14)27/h3-8,12,14-16,18,26H,1,9-11H2,2H3,(H,22,28).